The van der Waals surface area contributed by atoms with E-state index in [1.807, 2.05) is 6.07 Å². The Morgan fingerprint density at radius 3 is 2.03 bits per heavy atom. The van der Waals surface area contributed by atoms with E-state index in [1.54, 1.807) is 48.5 Å². The molecule has 2 aromatic carbocycles. The van der Waals surface area contributed by atoms with Gasteiger partial charge in [-0.05, 0) is 24.8 Å². The second kappa shape index (κ2) is 9.54. The SMILES string of the molecule is O=C(CC[NH+]1CCCCC1)OCC1(c2ccccc2)C(=O)c2ccccc2C1=O.[Cl-]. The lowest BCUT2D eigenvalue weighted by molar-refractivity contribution is -0.904. The summed E-state index contributed by atoms with van der Waals surface area (Å²) < 4.78 is 5.55. The molecule has 0 radical (unpaired) electrons. The summed E-state index contributed by atoms with van der Waals surface area (Å²) in [6, 6.07) is 15.8. The highest BCUT2D eigenvalue weighted by Gasteiger charge is 2.55. The maximum atomic E-state index is 13.3. The second-order valence-electron chi connectivity index (χ2n) is 7.95. The van der Waals surface area contributed by atoms with Crippen LogP contribution in [-0.4, -0.2) is 43.8 Å². The highest BCUT2D eigenvalue weighted by Crippen LogP contribution is 2.40. The maximum Gasteiger partial charge on any atom is 0.311 e. The molecule has 1 N–H and O–H groups in total. The van der Waals surface area contributed by atoms with E-state index in [0.717, 1.165) is 19.6 Å². The minimum atomic E-state index is -1.49. The van der Waals surface area contributed by atoms with E-state index in [-0.39, 0.29) is 36.5 Å². The molecule has 0 saturated carbocycles. The number of piperidine rings is 1. The van der Waals surface area contributed by atoms with Gasteiger partial charge in [0.1, 0.15) is 6.61 Å². The summed E-state index contributed by atoms with van der Waals surface area (Å²) in [6.07, 6.45) is 3.96. The summed E-state index contributed by atoms with van der Waals surface area (Å²) in [5, 5.41) is 0. The molecular weight excluding hydrogens is 402 g/mol. The first-order chi connectivity index (χ1) is 14.1. The minimum absolute atomic E-state index is 0. The van der Waals surface area contributed by atoms with Crippen molar-refractivity contribution in [1.29, 1.82) is 0 Å². The Labute approximate surface area is 182 Å². The average molecular weight is 428 g/mol. The standard InChI is InChI=1S/C24H25NO4.ClH/c26-21(13-16-25-14-7-2-8-15-25)29-17-24(18-9-3-1-4-10-18)22(27)19-11-5-6-12-20(19)23(24)28;/h1,3-6,9-12H,2,7-8,13-17H2;1H. The van der Waals surface area contributed by atoms with Crippen LogP contribution in [-0.2, 0) is 14.9 Å². The molecule has 1 heterocycles. The van der Waals surface area contributed by atoms with Crippen molar-refractivity contribution in [2.75, 3.05) is 26.2 Å². The van der Waals surface area contributed by atoms with Crippen LogP contribution in [0.3, 0.4) is 0 Å². The molecule has 1 aliphatic carbocycles. The van der Waals surface area contributed by atoms with E-state index in [9.17, 15) is 14.4 Å². The number of esters is 1. The number of benzene rings is 2. The van der Waals surface area contributed by atoms with Crippen LogP contribution in [0.5, 0.6) is 0 Å². The molecule has 158 valence electrons. The summed E-state index contributed by atoms with van der Waals surface area (Å²) in [5.74, 6) is -0.938. The first kappa shape index (κ1) is 22.2. The lowest BCUT2D eigenvalue weighted by Crippen LogP contribution is -3.12. The molecule has 0 bridgehead atoms. The van der Waals surface area contributed by atoms with Crippen LogP contribution in [0, 0.1) is 0 Å². The van der Waals surface area contributed by atoms with E-state index in [2.05, 4.69) is 0 Å². The molecule has 0 atom stereocenters. The predicted octanol–water partition coefficient (Wildman–Crippen LogP) is -0.990. The van der Waals surface area contributed by atoms with Crippen LogP contribution in [0.25, 0.3) is 0 Å². The molecule has 4 rings (SSSR count). The van der Waals surface area contributed by atoms with Crippen LogP contribution < -0.4 is 17.3 Å². The number of hydrogen-bond donors (Lipinski definition) is 1. The molecule has 6 heteroatoms. The number of carbonyl (C=O) groups excluding carboxylic acids is 3. The Balaban J connectivity index is 0.00000256. The topological polar surface area (TPSA) is 64.9 Å². The molecule has 1 aliphatic heterocycles. The van der Waals surface area contributed by atoms with Gasteiger partial charge in [0, 0.05) is 11.1 Å². The van der Waals surface area contributed by atoms with Crippen LogP contribution in [0.2, 0.25) is 0 Å². The lowest BCUT2D eigenvalue weighted by atomic mass is 9.76. The van der Waals surface area contributed by atoms with Crippen molar-refractivity contribution in [1.82, 2.24) is 0 Å². The highest BCUT2D eigenvalue weighted by molar-refractivity contribution is 6.33. The number of likely N-dealkylation sites (tertiary alicyclic amines) is 1. The van der Waals surface area contributed by atoms with Crippen LogP contribution in [0.15, 0.2) is 54.6 Å². The maximum absolute atomic E-state index is 13.3. The number of ether oxygens (including phenoxy) is 1. The monoisotopic (exact) mass is 427 g/mol. The number of fused-ring (bicyclic) bond motifs is 1. The smallest absolute Gasteiger partial charge is 0.311 e. The molecule has 1 saturated heterocycles. The number of quaternary nitrogens is 1. The van der Waals surface area contributed by atoms with Gasteiger partial charge in [-0.3, -0.25) is 14.4 Å². The van der Waals surface area contributed by atoms with Crippen LogP contribution in [0.1, 0.15) is 52.0 Å². The van der Waals surface area contributed by atoms with Crippen LogP contribution >= 0.6 is 0 Å². The minimum Gasteiger partial charge on any atom is -1.00 e. The van der Waals surface area contributed by atoms with E-state index in [0.29, 0.717) is 23.1 Å². The zero-order valence-corrected chi connectivity index (χ0v) is 17.6. The van der Waals surface area contributed by atoms with Crippen molar-refractivity contribution in [3.63, 3.8) is 0 Å². The molecule has 2 aliphatic rings. The summed E-state index contributed by atoms with van der Waals surface area (Å²) in [5.41, 5.74) is -0.121. The van der Waals surface area contributed by atoms with Gasteiger partial charge < -0.3 is 22.0 Å². The van der Waals surface area contributed by atoms with Crippen LogP contribution in [0.4, 0.5) is 0 Å². The fourth-order valence-corrected chi connectivity index (χ4v) is 4.48. The van der Waals surface area contributed by atoms with Crippen molar-refractivity contribution in [2.45, 2.75) is 31.1 Å². The molecule has 0 aromatic heterocycles. The zero-order chi connectivity index (χ0) is 20.3. The second-order valence-corrected chi connectivity index (χ2v) is 7.95. The summed E-state index contributed by atoms with van der Waals surface area (Å²) in [6.45, 7) is 2.66. The molecule has 0 spiro atoms. The van der Waals surface area contributed by atoms with Crippen molar-refractivity contribution in [2.24, 2.45) is 0 Å². The Bertz CT molecular complexity index is 887. The van der Waals surface area contributed by atoms with Crippen molar-refractivity contribution in [3.8, 4) is 0 Å². The molecule has 0 amide bonds. The first-order valence-electron chi connectivity index (χ1n) is 10.4. The molecular formula is C24H26ClNO4. The van der Waals surface area contributed by atoms with Gasteiger partial charge in [-0.1, -0.05) is 54.6 Å². The summed E-state index contributed by atoms with van der Waals surface area (Å²) >= 11 is 0. The largest absolute Gasteiger partial charge is 1.00 e. The van der Waals surface area contributed by atoms with Crippen molar-refractivity contribution in [3.05, 3.63) is 71.3 Å². The summed E-state index contributed by atoms with van der Waals surface area (Å²) in [7, 11) is 0. The predicted molar refractivity (Wildman–Crippen MR) is 108 cm³/mol. The van der Waals surface area contributed by atoms with E-state index in [4.69, 9.17) is 4.74 Å². The van der Waals surface area contributed by atoms with Gasteiger partial charge in [-0.15, -0.1) is 0 Å². The number of hydrogen-bond acceptors (Lipinski definition) is 4. The van der Waals surface area contributed by atoms with E-state index in [1.165, 1.54) is 24.2 Å². The molecule has 0 unspecified atom stereocenters. The number of Topliss-reactive ketones (excluding diaryl/α,β-unsaturated/α-hetero) is 2. The Morgan fingerprint density at radius 2 is 1.43 bits per heavy atom. The van der Waals surface area contributed by atoms with Crippen molar-refractivity contribution >= 4 is 17.5 Å². The number of nitrogens with one attached hydrogen (secondary N) is 1. The quantitative estimate of drug-likeness (QED) is 0.475. The Hall–Kier alpha value is -2.50. The molecule has 5 nitrogen and oxygen atoms in total. The van der Waals surface area contributed by atoms with Gasteiger partial charge >= 0.3 is 5.97 Å². The Morgan fingerprint density at radius 1 is 0.867 bits per heavy atom. The zero-order valence-electron chi connectivity index (χ0n) is 16.9. The van der Waals surface area contributed by atoms with Crippen molar-refractivity contribution < 1.29 is 36.4 Å². The molecule has 2 aromatic rings. The van der Waals surface area contributed by atoms with E-state index < -0.39 is 5.41 Å². The summed E-state index contributed by atoms with van der Waals surface area (Å²) in [4.78, 5) is 40.5. The van der Waals surface area contributed by atoms with Gasteiger partial charge in [0.2, 0.25) is 0 Å². The Kier molecular flexibility index (Phi) is 7.06. The normalized spacial score (nSPS) is 17.9. The van der Waals surface area contributed by atoms with Gasteiger partial charge in [-0.25, -0.2) is 0 Å². The number of ketones is 2. The van der Waals surface area contributed by atoms with E-state index >= 15 is 0 Å². The lowest BCUT2D eigenvalue weighted by Gasteiger charge is -2.26. The number of carbonyl (C=O) groups is 3. The molecule has 30 heavy (non-hydrogen) atoms. The fourth-order valence-electron chi connectivity index (χ4n) is 4.48. The highest BCUT2D eigenvalue weighted by atomic mass is 35.5. The van der Waals surface area contributed by atoms with Gasteiger partial charge in [0.15, 0.2) is 17.0 Å². The van der Waals surface area contributed by atoms with Gasteiger partial charge in [0.25, 0.3) is 0 Å². The first-order valence-corrected chi connectivity index (χ1v) is 10.4. The van der Waals surface area contributed by atoms with Gasteiger partial charge in [0.05, 0.1) is 26.1 Å². The third-order valence-corrected chi connectivity index (χ3v) is 6.15. The number of halogens is 1. The number of rotatable bonds is 6. The third kappa shape index (κ3) is 4.05. The fraction of sp³-hybridized carbons (Fsp3) is 0.375. The average Bonchev–Trinajstić information content (AvgIpc) is 3.00. The third-order valence-electron chi connectivity index (χ3n) is 6.15. The molecule has 1 fully saturated rings. The van der Waals surface area contributed by atoms with Gasteiger partial charge in [-0.2, -0.15) is 0 Å².